The van der Waals surface area contributed by atoms with Crippen molar-refractivity contribution < 1.29 is 0 Å². The average Bonchev–Trinajstić information content (AvgIpc) is 2.40. The quantitative estimate of drug-likeness (QED) is 0.591. The van der Waals surface area contributed by atoms with Gasteiger partial charge in [-0.2, -0.15) is 0 Å². The standard InChI is InChI=1S/C15H20BrNS/c1-3-5-6-14(17-11-4-2)12-18-15-9-7-13(16)8-10-15/h7-10,14,17H,4,6,11-12H2,1-2H3. The Hall–Kier alpha value is -0.430. The smallest absolute Gasteiger partial charge is 0.0271 e. The molecule has 0 aromatic heterocycles. The number of hydrogen-bond acceptors (Lipinski definition) is 2. The molecule has 0 aliphatic rings. The lowest BCUT2D eigenvalue weighted by Gasteiger charge is -2.15. The van der Waals surface area contributed by atoms with Crippen LogP contribution in [0.15, 0.2) is 33.6 Å². The normalized spacial score (nSPS) is 11.7. The van der Waals surface area contributed by atoms with Gasteiger partial charge in [-0.15, -0.1) is 23.6 Å². The minimum atomic E-state index is 0.478. The summed E-state index contributed by atoms with van der Waals surface area (Å²) in [4.78, 5) is 1.31. The molecule has 1 rings (SSSR count). The van der Waals surface area contributed by atoms with Gasteiger partial charge in [0.2, 0.25) is 0 Å². The summed E-state index contributed by atoms with van der Waals surface area (Å²) in [6.07, 6.45) is 2.10. The topological polar surface area (TPSA) is 12.0 Å². The van der Waals surface area contributed by atoms with Crippen LogP contribution < -0.4 is 5.32 Å². The third kappa shape index (κ3) is 6.49. The van der Waals surface area contributed by atoms with Gasteiger partial charge in [0.25, 0.3) is 0 Å². The molecule has 0 spiro atoms. The predicted molar refractivity (Wildman–Crippen MR) is 85.0 cm³/mol. The van der Waals surface area contributed by atoms with E-state index in [1.165, 1.54) is 11.3 Å². The van der Waals surface area contributed by atoms with Crippen molar-refractivity contribution in [2.75, 3.05) is 12.3 Å². The Morgan fingerprint density at radius 2 is 2.06 bits per heavy atom. The van der Waals surface area contributed by atoms with Crippen molar-refractivity contribution in [3.05, 3.63) is 28.7 Å². The molecule has 1 aromatic rings. The first kappa shape index (κ1) is 15.6. The summed E-state index contributed by atoms with van der Waals surface area (Å²) < 4.78 is 1.13. The summed E-state index contributed by atoms with van der Waals surface area (Å²) in [5.41, 5.74) is 0. The molecule has 3 heteroatoms. The van der Waals surface area contributed by atoms with Gasteiger partial charge in [-0.05, 0) is 44.2 Å². The molecule has 0 bridgehead atoms. The van der Waals surface area contributed by atoms with Gasteiger partial charge in [0, 0.05) is 27.6 Å². The number of thioether (sulfide) groups is 1. The number of rotatable bonds is 7. The second-order valence-corrected chi connectivity index (χ2v) is 6.06. The van der Waals surface area contributed by atoms with E-state index in [1.807, 2.05) is 18.7 Å². The van der Waals surface area contributed by atoms with Crippen molar-refractivity contribution in [1.29, 1.82) is 0 Å². The van der Waals surface area contributed by atoms with Crippen LogP contribution in [-0.4, -0.2) is 18.3 Å². The summed E-state index contributed by atoms with van der Waals surface area (Å²) >= 11 is 5.34. The van der Waals surface area contributed by atoms with Gasteiger partial charge in [-0.25, -0.2) is 0 Å². The van der Waals surface area contributed by atoms with E-state index in [9.17, 15) is 0 Å². The minimum absolute atomic E-state index is 0.478. The number of nitrogens with one attached hydrogen (secondary N) is 1. The molecule has 0 saturated carbocycles. The maximum Gasteiger partial charge on any atom is 0.0271 e. The van der Waals surface area contributed by atoms with Gasteiger partial charge in [-0.1, -0.05) is 22.9 Å². The van der Waals surface area contributed by atoms with Crippen LogP contribution in [-0.2, 0) is 0 Å². The molecule has 1 atom stereocenters. The van der Waals surface area contributed by atoms with Crippen LogP contribution >= 0.6 is 27.7 Å². The van der Waals surface area contributed by atoms with E-state index in [-0.39, 0.29) is 0 Å². The second-order valence-electron chi connectivity index (χ2n) is 4.05. The van der Waals surface area contributed by atoms with Crippen LogP contribution in [0.25, 0.3) is 0 Å². The highest BCUT2D eigenvalue weighted by Gasteiger charge is 2.06. The van der Waals surface area contributed by atoms with Crippen molar-refractivity contribution in [3.63, 3.8) is 0 Å². The maximum absolute atomic E-state index is 3.55. The highest BCUT2D eigenvalue weighted by molar-refractivity contribution is 9.10. The van der Waals surface area contributed by atoms with Crippen LogP contribution in [0.2, 0.25) is 0 Å². The molecule has 1 unspecified atom stereocenters. The molecular weight excluding hydrogens is 306 g/mol. The molecule has 0 heterocycles. The van der Waals surface area contributed by atoms with E-state index in [0.717, 1.165) is 23.2 Å². The number of halogens is 1. The molecule has 0 aliphatic heterocycles. The van der Waals surface area contributed by atoms with E-state index in [0.29, 0.717) is 6.04 Å². The Balaban J connectivity index is 2.43. The Bertz CT molecular complexity index is 391. The maximum atomic E-state index is 3.55. The first-order valence-electron chi connectivity index (χ1n) is 6.27. The first-order chi connectivity index (χ1) is 8.76. The molecule has 0 saturated heterocycles. The van der Waals surface area contributed by atoms with Gasteiger partial charge < -0.3 is 5.32 Å². The van der Waals surface area contributed by atoms with Crippen molar-refractivity contribution in [1.82, 2.24) is 5.32 Å². The summed E-state index contributed by atoms with van der Waals surface area (Å²) in [5.74, 6) is 7.21. The van der Waals surface area contributed by atoms with Crippen molar-refractivity contribution in [2.24, 2.45) is 0 Å². The van der Waals surface area contributed by atoms with Crippen LogP contribution in [0.1, 0.15) is 26.7 Å². The highest BCUT2D eigenvalue weighted by atomic mass is 79.9. The van der Waals surface area contributed by atoms with Crippen LogP contribution in [0.5, 0.6) is 0 Å². The fourth-order valence-electron chi connectivity index (χ4n) is 1.49. The largest absolute Gasteiger partial charge is 0.312 e. The fourth-order valence-corrected chi connectivity index (χ4v) is 2.71. The Labute approximate surface area is 123 Å². The Morgan fingerprint density at radius 1 is 1.33 bits per heavy atom. The van der Waals surface area contributed by atoms with E-state index in [1.54, 1.807) is 0 Å². The summed E-state index contributed by atoms with van der Waals surface area (Å²) in [6, 6.07) is 8.95. The van der Waals surface area contributed by atoms with Crippen LogP contribution in [0, 0.1) is 11.8 Å². The van der Waals surface area contributed by atoms with Crippen molar-refractivity contribution in [2.45, 2.75) is 37.6 Å². The van der Waals surface area contributed by atoms with E-state index in [2.05, 4.69) is 64.3 Å². The molecule has 0 aliphatic carbocycles. The monoisotopic (exact) mass is 325 g/mol. The molecule has 98 valence electrons. The lowest BCUT2D eigenvalue weighted by atomic mass is 10.2. The Morgan fingerprint density at radius 3 is 2.67 bits per heavy atom. The van der Waals surface area contributed by atoms with Gasteiger partial charge in [0.1, 0.15) is 0 Å². The lowest BCUT2D eigenvalue weighted by molar-refractivity contribution is 0.563. The molecule has 0 radical (unpaired) electrons. The predicted octanol–water partition coefficient (Wildman–Crippen LogP) is 4.32. The minimum Gasteiger partial charge on any atom is -0.312 e. The van der Waals surface area contributed by atoms with E-state index in [4.69, 9.17) is 0 Å². The van der Waals surface area contributed by atoms with E-state index < -0.39 is 0 Å². The average molecular weight is 326 g/mol. The van der Waals surface area contributed by atoms with Crippen LogP contribution in [0.4, 0.5) is 0 Å². The first-order valence-corrected chi connectivity index (χ1v) is 8.05. The number of hydrogen-bond donors (Lipinski definition) is 1. The summed E-state index contributed by atoms with van der Waals surface area (Å²) in [6.45, 7) is 5.16. The molecular formula is C15H20BrNS. The molecule has 1 N–H and O–H groups in total. The second kappa shape index (κ2) is 9.49. The van der Waals surface area contributed by atoms with Gasteiger partial charge in [0.15, 0.2) is 0 Å². The zero-order chi connectivity index (χ0) is 13.2. The number of benzene rings is 1. The summed E-state index contributed by atoms with van der Waals surface area (Å²) in [5, 5.41) is 3.55. The van der Waals surface area contributed by atoms with Crippen molar-refractivity contribution >= 4 is 27.7 Å². The summed E-state index contributed by atoms with van der Waals surface area (Å²) in [7, 11) is 0. The zero-order valence-electron chi connectivity index (χ0n) is 11.0. The molecule has 18 heavy (non-hydrogen) atoms. The Kier molecular flexibility index (Phi) is 8.24. The SMILES string of the molecule is CC#CCC(CSc1ccc(Br)cc1)NCCC. The van der Waals surface area contributed by atoms with E-state index >= 15 is 0 Å². The lowest BCUT2D eigenvalue weighted by Crippen LogP contribution is -2.31. The fraction of sp³-hybridized carbons (Fsp3) is 0.467. The van der Waals surface area contributed by atoms with Crippen LogP contribution in [0.3, 0.4) is 0 Å². The van der Waals surface area contributed by atoms with Gasteiger partial charge >= 0.3 is 0 Å². The highest BCUT2D eigenvalue weighted by Crippen LogP contribution is 2.21. The molecule has 0 amide bonds. The van der Waals surface area contributed by atoms with Gasteiger partial charge in [0.05, 0.1) is 0 Å². The third-order valence-electron chi connectivity index (χ3n) is 2.47. The van der Waals surface area contributed by atoms with Gasteiger partial charge in [-0.3, -0.25) is 0 Å². The molecule has 1 aromatic carbocycles. The van der Waals surface area contributed by atoms with Crippen molar-refractivity contribution in [3.8, 4) is 11.8 Å². The third-order valence-corrected chi connectivity index (χ3v) is 4.18. The molecule has 0 fully saturated rings. The zero-order valence-corrected chi connectivity index (χ0v) is 13.4. The molecule has 1 nitrogen and oxygen atoms in total.